The second kappa shape index (κ2) is 8.19. The zero-order valence-corrected chi connectivity index (χ0v) is 15.2. The largest absolute Gasteiger partial charge is 0.484 e. The van der Waals surface area contributed by atoms with Crippen molar-refractivity contribution in [1.29, 1.82) is 0 Å². The highest BCUT2D eigenvalue weighted by Crippen LogP contribution is 2.26. The molecule has 3 nitrogen and oxygen atoms in total. The fourth-order valence-corrected chi connectivity index (χ4v) is 3.49. The second-order valence-electron chi connectivity index (χ2n) is 6.82. The summed E-state index contributed by atoms with van der Waals surface area (Å²) in [5, 5.41) is 3.12. The molecule has 0 aliphatic heterocycles. The van der Waals surface area contributed by atoms with E-state index >= 15 is 0 Å². The molecule has 3 heteroatoms. The lowest BCUT2D eigenvalue weighted by Gasteiger charge is -2.22. The van der Waals surface area contributed by atoms with Crippen LogP contribution in [0.15, 0.2) is 42.5 Å². The molecule has 0 saturated carbocycles. The normalized spacial score (nSPS) is 14.5. The van der Waals surface area contributed by atoms with Crippen molar-refractivity contribution < 1.29 is 9.53 Å². The summed E-state index contributed by atoms with van der Waals surface area (Å²) in [6.07, 6.45) is 5.77. The summed E-state index contributed by atoms with van der Waals surface area (Å²) in [4.78, 5) is 12.3. The van der Waals surface area contributed by atoms with Crippen LogP contribution in [0.1, 0.15) is 54.5 Å². The number of hydrogen-bond donors (Lipinski definition) is 1. The van der Waals surface area contributed by atoms with Gasteiger partial charge in [-0.15, -0.1) is 0 Å². The number of benzene rings is 2. The van der Waals surface area contributed by atoms with Crippen molar-refractivity contribution in [3.05, 3.63) is 64.7 Å². The van der Waals surface area contributed by atoms with Gasteiger partial charge in [-0.05, 0) is 67.3 Å². The summed E-state index contributed by atoms with van der Waals surface area (Å²) in [7, 11) is 0. The summed E-state index contributed by atoms with van der Waals surface area (Å²) in [5.74, 6) is 0.687. The second-order valence-corrected chi connectivity index (χ2v) is 6.82. The van der Waals surface area contributed by atoms with Gasteiger partial charge in [-0.1, -0.05) is 43.3 Å². The molecule has 132 valence electrons. The Balaban J connectivity index is 1.61. The highest BCUT2D eigenvalue weighted by molar-refractivity contribution is 5.78. The van der Waals surface area contributed by atoms with Crippen LogP contribution >= 0.6 is 0 Å². The van der Waals surface area contributed by atoms with Crippen LogP contribution in [0.4, 0.5) is 0 Å². The SMILES string of the molecule is CCC(NC(=O)COc1ccccc1C)c1ccc2c(c1)CCCC2. The van der Waals surface area contributed by atoms with E-state index in [2.05, 4.69) is 30.4 Å². The van der Waals surface area contributed by atoms with Crippen LogP contribution in [0.3, 0.4) is 0 Å². The van der Waals surface area contributed by atoms with Gasteiger partial charge in [0.25, 0.3) is 5.91 Å². The standard InChI is InChI=1S/C22H27NO2/c1-3-20(19-13-12-17-9-5-6-10-18(17)14-19)23-22(24)15-25-21-11-7-4-8-16(21)2/h4,7-8,11-14,20H,3,5-6,9-10,15H2,1-2H3,(H,23,24). The topological polar surface area (TPSA) is 38.3 Å². The van der Waals surface area contributed by atoms with Gasteiger partial charge in [-0.3, -0.25) is 4.79 Å². The lowest BCUT2D eigenvalue weighted by Crippen LogP contribution is -2.32. The fourth-order valence-electron chi connectivity index (χ4n) is 3.49. The van der Waals surface area contributed by atoms with E-state index in [9.17, 15) is 4.79 Å². The molecule has 0 aromatic heterocycles. The lowest BCUT2D eigenvalue weighted by atomic mass is 9.89. The molecule has 1 unspecified atom stereocenters. The molecule has 2 aromatic carbocycles. The molecule has 0 spiro atoms. The van der Waals surface area contributed by atoms with Gasteiger partial charge in [0, 0.05) is 0 Å². The van der Waals surface area contributed by atoms with Crippen LogP contribution < -0.4 is 10.1 Å². The van der Waals surface area contributed by atoms with E-state index < -0.39 is 0 Å². The maximum Gasteiger partial charge on any atom is 0.258 e. The molecule has 1 aliphatic carbocycles. The monoisotopic (exact) mass is 337 g/mol. The number of carbonyl (C=O) groups is 1. The highest BCUT2D eigenvalue weighted by Gasteiger charge is 2.16. The van der Waals surface area contributed by atoms with Crippen LogP contribution in [-0.4, -0.2) is 12.5 Å². The molecule has 0 bridgehead atoms. The lowest BCUT2D eigenvalue weighted by molar-refractivity contribution is -0.123. The molecular weight excluding hydrogens is 310 g/mol. The number of rotatable bonds is 6. The maximum absolute atomic E-state index is 12.3. The molecular formula is C22H27NO2. The molecule has 0 fully saturated rings. The van der Waals surface area contributed by atoms with Gasteiger partial charge in [-0.2, -0.15) is 0 Å². The van der Waals surface area contributed by atoms with Crippen LogP contribution in [0.2, 0.25) is 0 Å². The number of ether oxygens (including phenoxy) is 1. The Hall–Kier alpha value is -2.29. The minimum absolute atomic E-state index is 0.0418. The van der Waals surface area contributed by atoms with Crippen LogP contribution in [0.25, 0.3) is 0 Å². The Bertz CT molecular complexity index is 739. The molecule has 3 rings (SSSR count). The van der Waals surface area contributed by atoms with E-state index in [0.717, 1.165) is 24.2 Å². The van der Waals surface area contributed by atoms with E-state index in [1.165, 1.54) is 36.0 Å². The van der Waals surface area contributed by atoms with Gasteiger partial charge in [-0.25, -0.2) is 0 Å². The molecule has 0 radical (unpaired) electrons. The Kier molecular flexibility index (Phi) is 5.75. The van der Waals surface area contributed by atoms with Crippen molar-refractivity contribution in [2.75, 3.05) is 6.61 Å². The van der Waals surface area contributed by atoms with E-state index in [0.29, 0.717) is 0 Å². The molecule has 1 N–H and O–H groups in total. The molecule has 0 saturated heterocycles. The first-order valence-electron chi connectivity index (χ1n) is 9.27. The summed E-state index contributed by atoms with van der Waals surface area (Å²) in [6.45, 7) is 4.13. The van der Waals surface area contributed by atoms with Crippen molar-refractivity contribution in [2.24, 2.45) is 0 Å². The summed E-state index contributed by atoms with van der Waals surface area (Å²) in [5.41, 5.74) is 5.16. The van der Waals surface area contributed by atoms with Gasteiger partial charge in [0.2, 0.25) is 0 Å². The average Bonchev–Trinajstić information content (AvgIpc) is 2.65. The van der Waals surface area contributed by atoms with Gasteiger partial charge in [0.05, 0.1) is 6.04 Å². The van der Waals surface area contributed by atoms with E-state index in [1.807, 2.05) is 31.2 Å². The maximum atomic E-state index is 12.3. The summed E-state index contributed by atoms with van der Waals surface area (Å²) >= 11 is 0. The minimum Gasteiger partial charge on any atom is -0.484 e. The van der Waals surface area contributed by atoms with Gasteiger partial charge in [0.15, 0.2) is 6.61 Å². The quantitative estimate of drug-likeness (QED) is 0.841. The van der Waals surface area contributed by atoms with Gasteiger partial charge < -0.3 is 10.1 Å². The highest BCUT2D eigenvalue weighted by atomic mass is 16.5. The Morgan fingerprint density at radius 1 is 1.12 bits per heavy atom. The number of amides is 1. The van der Waals surface area contributed by atoms with E-state index in [4.69, 9.17) is 4.74 Å². The molecule has 1 atom stereocenters. The average molecular weight is 337 g/mol. The minimum atomic E-state index is -0.0761. The molecule has 25 heavy (non-hydrogen) atoms. The first kappa shape index (κ1) is 17.5. The molecule has 2 aromatic rings. The fraction of sp³-hybridized carbons (Fsp3) is 0.409. The zero-order valence-electron chi connectivity index (χ0n) is 15.2. The summed E-state index contributed by atoms with van der Waals surface area (Å²) in [6, 6.07) is 14.5. The molecule has 1 aliphatic rings. The van der Waals surface area contributed by atoms with Gasteiger partial charge >= 0.3 is 0 Å². The number of aryl methyl sites for hydroxylation is 3. The number of para-hydroxylation sites is 1. The third kappa shape index (κ3) is 4.41. The Morgan fingerprint density at radius 2 is 1.88 bits per heavy atom. The Labute approximate surface area is 150 Å². The first-order valence-corrected chi connectivity index (χ1v) is 9.27. The van der Waals surface area contributed by atoms with Crippen molar-refractivity contribution in [3.63, 3.8) is 0 Å². The van der Waals surface area contributed by atoms with Gasteiger partial charge in [0.1, 0.15) is 5.75 Å². The van der Waals surface area contributed by atoms with Crippen LogP contribution in [-0.2, 0) is 17.6 Å². The van der Waals surface area contributed by atoms with Crippen LogP contribution in [0.5, 0.6) is 5.75 Å². The predicted octanol–water partition coefficient (Wildman–Crippen LogP) is 4.52. The van der Waals surface area contributed by atoms with Crippen molar-refractivity contribution in [2.45, 2.75) is 52.0 Å². The Morgan fingerprint density at radius 3 is 2.64 bits per heavy atom. The summed E-state index contributed by atoms with van der Waals surface area (Å²) < 4.78 is 5.66. The van der Waals surface area contributed by atoms with Crippen molar-refractivity contribution in [1.82, 2.24) is 5.32 Å². The molecule has 0 heterocycles. The van der Waals surface area contributed by atoms with E-state index in [1.54, 1.807) is 0 Å². The third-order valence-electron chi connectivity index (χ3n) is 4.97. The van der Waals surface area contributed by atoms with Crippen molar-refractivity contribution in [3.8, 4) is 5.75 Å². The third-order valence-corrected chi connectivity index (χ3v) is 4.97. The van der Waals surface area contributed by atoms with E-state index in [-0.39, 0.29) is 18.6 Å². The smallest absolute Gasteiger partial charge is 0.258 e. The van der Waals surface area contributed by atoms with Crippen LogP contribution in [0, 0.1) is 6.92 Å². The van der Waals surface area contributed by atoms with Crippen molar-refractivity contribution >= 4 is 5.91 Å². The number of carbonyl (C=O) groups excluding carboxylic acids is 1. The zero-order chi connectivity index (χ0) is 17.6. The number of fused-ring (bicyclic) bond motifs is 1. The first-order chi connectivity index (χ1) is 12.2. The number of nitrogens with one attached hydrogen (secondary N) is 1. The molecule has 1 amide bonds. The number of hydrogen-bond acceptors (Lipinski definition) is 2. The predicted molar refractivity (Wildman–Crippen MR) is 101 cm³/mol.